The standard InChI is InChI=1S/C12H18N4O2/c1-8-4-6-9(7-5-8)14-11(17)15-12(2,3)10(13)16-18/h4-7,18H,1-3H3,(H2,13,16)(H2,14,15,17). The molecule has 0 aromatic heterocycles. The van der Waals surface area contributed by atoms with Crippen LogP contribution in [0.1, 0.15) is 19.4 Å². The van der Waals surface area contributed by atoms with Gasteiger partial charge in [-0.3, -0.25) is 0 Å². The zero-order valence-corrected chi connectivity index (χ0v) is 10.7. The van der Waals surface area contributed by atoms with Gasteiger partial charge in [-0.05, 0) is 32.9 Å². The normalized spacial score (nSPS) is 12.1. The van der Waals surface area contributed by atoms with Gasteiger partial charge in [-0.15, -0.1) is 0 Å². The van der Waals surface area contributed by atoms with E-state index in [-0.39, 0.29) is 5.84 Å². The van der Waals surface area contributed by atoms with Crippen molar-refractivity contribution >= 4 is 17.6 Å². The second-order valence-electron chi connectivity index (χ2n) is 4.56. The van der Waals surface area contributed by atoms with Crippen molar-refractivity contribution in [2.75, 3.05) is 5.32 Å². The predicted octanol–water partition coefficient (Wildman–Crippen LogP) is 1.64. The Morgan fingerprint density at radius 3 is 2.39 bits per heavy atom. The number of carbonyl (C=O) groups is 1. The molecule has 0 unspecified atom stereocenters. The molecule has 1 aromatic rings. The van der Waals surface area contributed by atoms with Gasteiger partial charge in [0.25, 0.3) is 0 Å². The van der Waals surface area contributed by atoms with E-state index in [2.05, 4.69) is 15.8 Å². The van der Waals surface area contributed by atoms with Gasteiger partial charge in [-0.1, -0.05) is 22.9 Å². The van der Waals surface area contributed by atoms with Gasteiger partial charge in [0.1, 0.15) is 0 Å². The molecule has 0 saturated heterocycles. The molecule has 0 spiro atoms. The van der Waals surface area contributed by atoms with Crippen LogP contribution >= 0.6 is 0 Å². The summed E-state index contributed by atoms with van der Waals surface area (Å²) in [4.78, 5) is 11.7. The third kappa shape index (κ3) is 3.65. The summed E-state index contributed by atoms with van der Waals surface area (Å²) in [6.45, 7) is 5.24. The zero-order valence-electron chi connectivity index (χ0n) is 10.7. The molecule has 6 heteroatoms. The Labute approximate surface area is 106 Å². The van der Waals surface area contributed by atoms with Crippen molar-refractivity contribution < 1.29 is 10.0 Å². The minimum atomic E-state index is -0.927. The van der Waals surface area contributed by atoms with Crippen LogP contribution in [-0.2, 0) is 0 Å². The number of anilines is 1. The van der Waals surface area contributed by atoms with E-state index in [1.54, 1.807) is 26.0 Å². The molecular formula is C12H18N4O2. The van der Waals surface area contributed by atoms with Crippen molar-refractivity contribution in [3.63, 3.8) is 0 Å². The molecule has 1 aromatic carbocycles. The number of urea groups is 1. The predicted molar refractivity (Wildman–Crippen MR) is 70.8 cm³/mol. The van der Waals surface area contributed by atoms with Gasteiger partial charge in [-0.25, -0.2) is 4.79 Å². The van der Waals surface area contributed by atoms with E-state index in [0.29, 0.717) is 5.69 Å². The number of nitrogens with one attached hydrogen (secondary N) is 2. The molecule has 0 atom stereocenters. The zero-order chi connectivity index (χ0) is 13.8. The average molecular weight is 250 g/mol. The first-order chi connectivity index (χ1) is 8.35. The molecule has 0 saturated carbocycles. The van der Waals surface area contributed by atoms with Crippen LogP contribution in [0.3, 0.4) is 0 Å². The van der Waals surface area contributed by atoms with Crippen LogP contribution in [-0.4, -0.2) is 22.6 Å². The molecule has 0 aliphatic carbocycles. The number of carbonyl (C=O) groups excluding carboxylic acids is 1. The Hall–Kier alpha value is -2.24. The van der Waals surface area contributed by atoms with Gasteiger partial charge in [0.15, 0.2) is 5.84 Å². The Morgan fingerprint density at radius 2 is 1.89 bits per heavy atom. The van der Waals surface area contributed by atoms with Crippen LogP contribution < -0.4 is 16.4 Å². The summed E-state index contributed by atoms with van der Waals surface area (Å²) in [5, 5.41) is 16.7. The highest BCUT2D eigenvalue weighted by Gasteiger charge is 2.25. The second kappa shape index (κ2) is 5.39. The summed E-state index contributed by atoms with van der Waals surface area (Å²) in [7, 11) is 0. The first-order valence-electron chi connectivity index (χ1n) is 5.49. The number of nitrogens with two attached hydrogens (primary N) is 1. The van der Waals surface area contributed by atoms with Crippen molar-refractivity contribution in [3.05, 3.63) is 29.8 Å². The fourth-order valence-corrected chi connectivity index (χ4v) is 1.27. The minimum Gasteiger partial charge on any atom is -0.409 e. The number of oxime groups is 1. The lowest BCUT2D eigenvalue weighted by molar-refractivity contribution is 0.246. The summed E-state index contributed by atoms with van der Waals surface area (Å²) in [5.74, 6) is -0.0680. The van der Waals surface area contributed by atoms with Gasteiger partial charge >= 0.3 is 6.03 Å². The summed E-state index contributed by atoms with van der Waals surface area (Å²) in [5.41, 5.74) is 6.33. The molecule has 1 rings (SSSR count). The highest BCUT2D eigenvalue weighted by Crippen LogP contribution is 2.09. The number of rotatable bonds is 3. The maximum atomic E-state index is 11.7. The van der Waals surface area contributed by atoms with Gasteiger partial charge < -0.3 is 21.6 Å². The van der Waals surface area contributed by atoms with Gasteiger partial charge in [0, 0.05) is 5.69 Å². The van der Waals surface area contributed by atoms with Crippen LogP contribution in [0.4, 0.5) is 10.5 Å². The van der Waals surface area contributed by atoms with E-state index in [9.17, 15) is 4.79 Å². The summed E-state index contributed by atoms with van der Waals surface area (Å²) in [6.07, 6.45) is 0. The monoisotopic (exact) mass is 250 g/mol. The molecule has 0 aliphatic rings. The maximum absolute atomic E-state index is 11.7. The minimum absolute atomic E-state index is 0.0680. The van der Waals surface area contributed by atoms with Gasteiger partial charge in [0.05, 0.1) is 5.54 Å². The number of amidine groups is 1. The number of aryl methyl sites for hydroxylation is 1. The molecule has 0 aliphatic heterocycles. The van der Waals surface area contributed by atoms with Crippen LogP contribution in [0.25, 0.3) is 0 Å². The van der Waals surface area contributed by atoms with Crippen LogP contribution in [0.2, 0.25) is 0 Å². The first kappa shape index (κ1) is 13.8. The molecule has 2 amide bonds. The number of hydrogen-bond acceptors (Lipinski definition) is 3. The lowest BCUT2D eigenvalue weighted by Gasteiger charge is -2.24. The molecule has 0 heterocycles. The number of nitrogens with zero attached hydrogens (tertiary/aromatic N) is 1. The van der Waals surface area contributed by atoms with E-state index >= 15 is 0 Å². The van der Waals surface area contributed by atoms with Crippen molar-refractivity contribution in [1.82, 2.24) is 5.32 Å². The van der Waals surface area contributed by atoms with Crippen molar-refractivity contribution in [1.29, 1.82) is 0 Å². The molecule has 18 heavy (non-hydrogen) atoms. The lowest BCUT2D eigenvalue weighted by Crippen LogP contribution is -2.54. The Balaban J connectivity index is 2.65. The molecule has 5 N–H and O–H groups in total. The van der Waals surface area contributed by atoms with Crippen LogP contribution in [0.15, 0.2) is 29.4 Å². The Kier molecular flexibility index (Phi) is 4.14. The van der Waals surface area contributed by atoms with E-state index in [1.165, 1.54) is 0 Å². The molecule has 0 fully saturated rings. The molecule has 0 radical (unpaired) electrons. The van der Waals surface area contributed by atoms with Crippen molar-refractivity contribution in [3.8, 4) is 0 Å². The topological polar surface area (TPSA) is 99.7 Å². The molecule has 0 bridgehead atoms. The average Bonchev–Trinajstić information content (AvgIpc) is 2.30. The van der Waals surface area contributed by atoms with Crippen molar-refractivity contribution in [2.24, 2.45) is 10.9 Å². The van der Waals surface area contributed by atoms with E-state index in [0.717, 1.165) is 5.56 Å². The van der Waals surface area contributed by atoms with Crippen molar-refractivity contribution in [2.45, 2.75) is 26.3 Å². The largest absolute Gasteiger partial charge is 0.409 e. The van der Waals surface area contributed by atoms with Crippen LogP contribution in [0.5, 0.6) is 0 Å². The van der Waals surface area contributed by atoms with Crippen LogP contribution in [0, 0.1) is 6.92 Å². The number of hydrogen-bond donors (Lipinski definition) is 4. The fourth-order valence-electron chi connectivity index (χ4n) is 1.27. The van der Waals surface area contributed by atoms with E-state index in [1.807, 2.05) is 19.1 Å². The molecular weight excluding hydrogens is 232 g/mol. The Bertz CT molecular complexity index is 452. The smallest absolute Gasteiger partial charge is 0.320 e. The first-order valence-corrected chi connectivity index (χ1v) is 5.49. The third-order valence-electron chi connectivity index (χ3n) is 2.48. The number of amides is 2. The quantitative estimate of drug-likeness (QED) is 0.284. The third-order valence-corrected chi connectivity index (χ3v) is 2.48. The van der Waals surface area contributed by atoms with Gasteiger partial charge in [0.2, 0.25) is 0 Å². The number of benzene rings is 1. The fraction of sp³-hybridized carbons (Fsp3) is 0.333. The second-order valence-corrected chi connectivity index (χ2v) is 4.56. The maximum Gasteiger partial charge on any atom is 0.320 e. The highest BCUT2D eigenvalue weighted by atomic mass is 16.4. The SMILES string of the molecule is Cc1ccc(NC(=O)NC(C)(C)/C(N)=N/O)cc1. The molecule has 6 nitrogen and oxygen atoms in total. The highest BCUT2D eigenvalue weighted by molar-refractivity contribution is 5.96. The van der Waals surface area contributed by atoms with E-state index < -0.39 is 11.6 Å². The van der Waals surface area contributed by atoms with Gasteiger partial charge in [-0.2, -0.15) is 0 Å². The Morgan fingerprint density at radius 1 is 1.33 bits per heavy atom. The molecule has 98 valence electrons. The summed E-state index contributed by atoms with van der Waals surface area (Å²) < 4.78 is 0. The summed E-state index contributed by atoms with van der Waals surface area (Å²) >= 11 is 0. The lowest BCUT2D eigenvalue weighted by atomic mass is 10.1. The van der Waals surface area contributed by atoms with E-state index in [4.69, 9.17) is 10.9 Å². The summed E-state index contributed by atoms with van der Waals surface area (Å²) in [6, 6.07) is 6.96.